The number of aliphatic carboxylic acids is 4. The number of carboxylic acid groups (broad SMARTS) is 5. The highest BCUT2D eigenvalue weighted by atomic mass is 19.3. The second-order valence-electron chi connectivity index (χ2n) is 38.2. The van der Waals surface area contributed by atoms with Crippen molar-refractivity contribution in [1.82, 2.24) is 20.2 Å². The fourth-order valence-corrected chi connectivity index (χ4v) is 14.3. The summed E-state index contributed by atoms with van der Waals surface area (Å²) in [6, 6.07) is 51.7. The van der Waals surface area contributed by atoms with Crippen molar-refractivity contribution in [2.45, 2.75) is 252 Å². The van der Waals surface area contributed by atoms with Gasteiger partial charge in [0.25, 0.3) is 0 Å². The molecule has 5 unspecified atom stereocenters. The molecule has 0 radical (unpaired) electrons. The lowest BCUT2D eigenvalue weighted by Gasteiger charge is -2.35. The van der Waals surface area contributed by atoms with Crippen LogP contribution in [0.15, 0.2) is 237 Å². The van der Waals surface area contributed by atoms with Gasteiger partial charge >= 0.3 is 47.9 Å². The van der Waals surface area contributed by atoms with Gasteiger partial charge in [-0.3, -0.25) is 0 Å². The van der Waals surface area contributed by atoms with E-state index in [1.54, 1.807) is 112 Å². The molecule has 0 aliphatic carbocycles. The molecule has 5 heterocycles. The number of ether oxygens (including phenoxy) is 9. The lowest BCUT2D eigenvalue weighted by Crippen LogP contribution is -2.53. The van der Waals surface area contributed by atoms with Gasteiger partial charge in [0.2, 0.25) is 33.8 Å². The summed E-state index contributed by atoms with van der Waals surface area (Å²) in [5.74, 6) is -5.99. The fourth-order valence-electron chi connectivity index (χ4n) is 14.3. The predicted molar refractivity (Wildman–Crippen MR) is 507 cm³/mol. The molecule has 39 heteroatoms. The number of benzene rings is 7. The van der Waals surface area contributed by atoms with E-state index in [0.29, 0.717) is 36.0 Å². The molecular formula is C99H122F2N16O21. The summed E-state index contributed by atoms with van der Waals surface area (Å²) in [6.07, 6.45) is -3.28. The van der Waals surface area contributed by atoms with Crippen LogP contribution in [-0.2, 0) is 107 Å². The number of azo groups is 4. The van der Waals surface area contributed by atoms with Crippen molar-refractivity contribution in [1.29, 1.82) is 0 Å². The van der Waals surface area contributed by atoms with E-state index in [0.717, 1.165) is 33.4 Å². The van der Waals surface area contributed by atoms with Crippen LogP contribution in [0.5, 0.6) is 11.5 Å². The van der Waals surface area contributed by atoms with E-state index < -0.39 is 109 Å². The minimum Gasteiger partial charge on any atom is -0.489 e. The molecule has 138 heavy (non-hydrogen) atoms. The number of methoxy groups -OCH3 is 1. The lowest BCUT2D eigenvalue weighted by molar-refractivity contribution is -0.195. The smallest absolute Gasteiger partial charge is 0.394 e. The highest BCUT2D eigenvalue weighted by molar-refractivity contribution is 6.12. The van der Waals surface area contributed by atoms with Crippen molar-refractivity contribution in [3.63, 3.8) is 0 Å². The minimum atomic E-state index is -3.35. The number of halogens is 2. The van der Waals surface area contributed by atoms with Crippen molar-refractivity contribution in [3.05, 3.63) is 232 Å². The summed E-state index contributed by atoms with van der Waals surface area (Å²) < 4.78 is 76.7. The molecule has 0 saturated heterocycles. The third-order valence-electron chi connectivity index (χ3n) is 19.6. The van der Waals surface area contributed by atoms with E-state index >= 15 is 0 Å². The number of esters is 2. The normalized spacial score (nSPS) is 15.7. The first kappa shape index (κ1) is 110. The van der Waals surface area contributed by atoms with Gasteiger partial charge in [-0.05, 0) is 242 Å². The molecule has 37 nitrogen and oxygen atoms in total. The zero-order chi connectivity index (χ0) is 102. The van der Waals surface area contributed by atoms with Crippen molar-refractivity contribution >= 4 is 65.1 Å². The monoisotopic (exact) mass is 1910 g/mol. The van der Waals surface area contributed by atoms with Crippen LogP contribution in [0.3, 0.4) is 0 Å². The van der Waals surface area contributed by atoms with Crippen molar-refractivity contribution in [3.8, 4) is 22.6 Å². The van der Waals surface area contributed by atoms with Crippen LogP contribution in [0.1, 0.15) is 204 Å². The number of nitrogens with zero attached hydrogens (tertiary/aromatic N) is 16. The van der Waals surface area contributed by atoms with Gasteiger partial charge in [-0.25, -0.2) is 53.5 Å². The summed E-state index contributed by atoms with van der Waals surface area (Å²) in [5, 5.41) is 92.2. The Kier molecular flexibility index (Phi) is 36.5. The number of aromatic nitrogens is 4. The number of carbonyl (C=O) groups excluding carboxylic acids is 2. The van der Waals surface area contributed by atoms with Crippen LogP contribution >= 0.6 is 0 Å². The zero-order valence-corrected chi connectivity index (χ0v) is 81.7. The standard InChI is InChI=1S/C22H32N4O5.C22H25N3O4.C22H25N3O3.C17H21F2N3O4.C16H19N3O5/c1-9-30-19(28)22(31-21(5,6)7,18-23-25-26(24-18)20(2,3)4)14-15-10-12-16(13-11-15)17(27)29-8;1-21(2,3)29-22(20(26)27,19-23-15-24-25-19)13-16-9-11-18(12-10-16)28-14-17-7-5-4-6-8-17;1-15-7-5-6-8-18(15)17-11-9-16(10-12-17)13-22(20(26)27,28-21(2,3)4)19-23-14-24-25-19;1-15(2,3)26-17(14(23)24,13-20-10-21-22-13)9-11-6-5-7-12(8-11)25-16(4,18)19;1-15(2,3)24-16(14(22)23,13-17-9-18-19-13)8-10-4-6-11(7-5-10)12(20)21/h10-13H,9,14H2,1-8H3;4-12H,13-15H2,1-3H3,(H,26,27);5-12H,13-14H2,1-4H3,(H,26,27);5-8H,9-10H2,1-4H3,(H,23,24);4-7H,8-9H2,1-3H3,(H,20,21)(H,22,23). The van der Waals surface area contributed by atoms with E-state index in [-0.39, 0.29) is 106 Å². The molecule has 5 atom stereocenters. The van der Waals surface area contributed by atoms with Gasteiger partial charge in [0.15, 0.2) is 50.0 Å². The third kappa shape index (κ3) is 31.1. The number of aryl methyl sites for hydroxylation is 1. The average Bonchev–Trinajstić information content (AvgIpc) is 1.56. The van der Waals surface area contributed by atoms with Gasteiger partial charge in [0, 0.05) is 39.0 Å². The van der Waals surface area contributed by atoms with Crippen LogP contribution in [0.4, 0.5) is 8.78 Å². The maximum absolute atomic E-state index is 13.3. The Bertz CT molecular complexity index is 5830. The number of carbonyl (C=O) groups is 7. The molecule has 0 fully saturated rings. The SMILES string of the molecule is CC(C)(C)OC(Cc1ccc(C(=O)O)cc1)(C(=O)O)C1=NCN=N1.CC(C)(C)OC(Cc1ccc(OCc2ccccc2)cc1)(C(=O)O)C1=NCN=N1.CC(C)(C)OC(Cc1cccc(OC(C)(F)F)c1)(C(=O)O)C1=NCN=N1.CCOC(=O)C(Cc1ccc(C(=O)OC)cc1)(OC(C)(C)C)c1nnn(C(C)(C)C)n1.Cc1ccccc1-c1ccc(CC(OC(C)(C)C)(C(=O)O)C2=NCN=N2)cc1. The van der Waals surface area contributed by atoms with Gasteiger partial charge < -0.3 is 68.2 Å². The van der Waals surface area contributed by atoms with E-state index in [1.807, 2.05) is 153 Å². The van der Waals surface area contributed by atoms with E-state index in [1.165, 1.54) is 47.8 Å². The highest BCUT2D eigenvalue weighted by Crippen LogP contribution is 2.39. The topological polar surface area (TPSA) is 496 Å². The zero-order valence-electron chi connectivity index (χ0n) is 81.7. The number of hydrogen-bond donors (Lipinski definition) is 5. The molecule has 0 saturated carbocycles. The summed E-state index contributed by atoms with van der Waals surface area (Å²) in [6.45, 7) is 37.9. The first-order valence-electron chi connectivity index (χ1n) is 44.1. The molecule has 738 valence electrons. The molecule has 0 amide bonds. The summed E-state index contributed by atoms with van der Waals surface area (Å²) in [7, 11) is 1.32. The second kappa shape index (κ2) is 45.9. The Morgan fingerprint density at radius 1 is 0.399 bits per heavy atom. The maximum Gasteiger partial charge on any atom is 0.394 e. The van der Waals surface area contributed by atoms with Crippen LogP contribution < -0.4 is 9.47 Å². The van der Waals surface area contributed by atoms with Crippen LogP contribution in [0.2, 0.25) is 0 Å². The summed E-state index contributed by atoms with van der Waals surface area (Å²) in [4.78, 5) is 103. The Labute approximate surface area is 799 Å². The summed E-state index contributed by atoms with van der Waals surface area (Å²) >= 11 is 0. The molecule has 4 aliphatic heterocycles. The van der Waals surface area contributed by atoms with Gasteiger partial charge in [0.05, 0.1) is 58.4 Å². The number of amidine groups is 4. The molecule has 12 rings (SSSR count). The lowest BCUT2D eigenvalue weighted by atomic mass is 9.90. The number of rotatable bonds is 34. The maximum atomic E-state index is 13.3. The Morgan fingerprint density at radius 3 is 1.09 bits per heavy atom. The first-order valence-corrected chi connectivity index (χ1v) is 44.1. The van der Waals surface area contributed by atoms with E-state index in [2.05, 4.69) is 100 Å². The number of aliphatic imine (C=N–C) groups is 4. The van der Waals surface area contributed by atoms with Crippen molar-refractivity contribution < 1.29 is 111 Å². The van der Waals surface area contributed by atoms with Gasteiger partial charge in [-0.15, -0.1) is 30.7 Å². The Hall–Kier alpha value is -13.8. The largest absolute Gasteiger partial charge is 0.489 e. The molecule has 4 aliphatic rings. The second-order valence-corrected chi connectivity index (χ2v) is 38.2. The molecule has 0 bridgehead atoms. The van der Waals surface area contributed by atoms with Gasteiger partial charge in [0.1, 0.15) is 18.1 Å². The number of hydrogen-bond acceptors (Lipinski definition) is 31. The van der Waals surface area contributed by atoms with Crippen LogP contribution in [-0.4, -0.2) is 208 Å². The van der Waals surface area contributed by atoms with Crippen LogP contribution in [0, 0.1) is 6.92 Å². The fraction of sp³-hybridized carbons (Fsp3) is 0.455. The minimum absolute atomic E-state index is 0.00670. The molecule has 7 aromatic carbocycles. The molecule has 8 aromatic rings. The predicted octanol–water partition coefficient (Wildman–Crippen LogP) is 18.0. The number of tetrazole rings is 1. The number of carboxylic acids is 5. The average molecular weight is 1910 g/mol. The van der Waals surface area contributed by atoms with E-state index in [4.69, 9.17) is 43.0 Å². The van der Waals surface area contributed by atoms with Crippen molar-refractivity contribution in [2.24, 2.45) is 60.9 Å². The van der Waals surface area contributed by atoms with Crippen molar-refractivity contribution in [2.75, 3.05) is 40.4 Å². The van der Waals surface area contributed by atoms with Crippen LogP contribution in [0.25, 0.3) is 11.1 Å². The molecule has 5 N–H and O–H groups in total. The molecule has 1 aromatic heterocycles. The highest BCUT2D eigenvalue weighted by Gasteiger charge is 2.55. The summed E-state index contributed by atoms with van der Waals surface area (Å²) in [5.41, 5.74) is -4.47. The Balaban J connectivity index is 0.000000212. The van der Waals surface area contributed by atoms with Gasteiger partial charge in [-0.1, -0.05) is 127 Å². The Morgan fingerprint density at radius 2 is 0.754 bits per heavy atom. The molecule has 0 spiro atoms. The third-order valence-corrected chi connectivity index (χ3v) is 19.6. The number of alkyl halides is 2. The number of aromatic carboxylic acids is 1. The first-order chi connectivity index (χ1) is 64.4. The quantitative estimate of drug-likeness (QED) is 0.0234. The molecular weight excluding hydrogens is 1790 g/mol. The van der Waals surface area contributed by atoms with Gasteiger partial charge in [-0.2, -0.15) is 34.0 Å². The van der Waals surface area contributed by atoms with E-state index in [9.17, 15) is 62.8 Å².